The molecule has 0 bridgehead atoms. The molecule has 24 heavy (non-hydrogen) atoms. The van der Waals surface area contributed by atoms with E-state index in [0.29, 0.717) is 6.54 Å². The number of benzene rings is 2. The molecule has 0 spiro atoms. The zero-order valence-electron chi connectivity index (χ0n) is 14.4. The van der Waals surface area contributed by atoms with E-state index in [1.54, 1.807) is 0 Å². The Kier molecular flexibility index (Phi) is 6.44. The molecule has 1 N–H and O–H groups in total. The van der Waals surface area contributed by atoms with Gasteiger partial charge in [-0.25, -0.2) is 4.79 Å². The summed E-state index contributed by atoms with van der Waals surface area (Å²) in [6.07, 6.45) is 1.30. The topological polar surface area (TPSA) is 38.3 Å². The molecule has 0 aromatic heterocycles. The molecule has 4 heteroatoms. The van der Waals surface area contributed by atoms with E-state index in [0.717, 1.165) is 17.3 Å². The first-order valence-corrected chi connectivity index (χ1v) is 8.91. The van der Waals surface area contributed by atoms with Crippen molar-refractivity contribution in [1.82, 2.24) is 5.32 Å². The van der Waals surface area contributed by atoms with Crippen LogP contribution in [0.4, 0.5) is 4.79 Å². The lowest BCUT2D eigenvalue weighted by molar-refractivity contribution is 0.0528. The first kappa shape index (κ1) is 18.5. The Morgan fingerprint density at radius 2 is 1.67 bits per heavy atom. The number of alkyl carbamates (subject to hydrolysis) is 1. The Morgan fingerprint density at radius 1 is 1.04 bits per heavy atom. The first-order valence-electron chi connectivity index (χ1n) is 8.11. The zero-order valence-corrected chi connectivity index (χ0v) is 16.0. The summed E-state index contributed by atoms with van der Waals surface area (Å²) in [6, 6.07) is 16.7. The molecule has 128 valence electrons. The smallest absolute Gasteiger partial charge is 0.407 e. The molecular weight excluding hydrogens is 366 g/mol. The monoisotopic (exact) mass is 389 g/mol. The minimum Gasteiger partial charge on any atom is -0.444 e. The van der Waals surface area contributed by atoms with Gasteiger partial charge in [0, 0.05) is 11.0 Å². The highest BCUT2D eigenvalue weighted by molar-refractivity contribution is 9.10. The van der Waals surface area contributed by atoms with Crippen LogP contribution in [0.5, 0.6) is 0 Å². The fraction of sp³-hybridized carbons (Fsp3) is 0.350. The lowest BCUT2D eigenvalue weighted by atomic mass is 9.98. The van der Waals surface area contributed by atoms with Crippen molar-refractivity contribution in [3.8, 4) is 0 Å². The number of hydrogen-bond donors (Lipinski definition) is 1. The molecule has 0 saturated heterocycles. The molecule has 0 saturated carbocycles. The number of halogens is 1. The van der Waals surface area contributed by atoms with E-state index in [1.807, 2.05) is 26.8 Å². The van der Waals surface area contributed by atoms with Crippen LogP contribution in [0, 0.1) is 0 Å². The lowest BCUT2D eigenvalue weighted by Crippen LogP contribution is -2.33. The van der Waals surface area contributed by atoms with E-state index >= 15 is 0 Å². The predicted octanol–water partition coefficient (Wildman–Crippen LogP) is 5.11. The molecule has 1 amide bonds. The van der Waals surface area contributed by atoms with Crippen molar-refractivity contribution in [3.63, 3.8) is 0 Å². The molecule has 0 aliphatic rings. The molecule has 2 aromatic rings. The Hall–Kier alpha value is -1.81. The SMILES string of the molecule is CC(C)(C)OC(=O)NCCc1ccccc1Cc1ccc(Br)cc1. The van der Waals surface area contributed by atoms with Gasteiger partial charge in [0.05, 0.1) is 0 Å². The minimum atomic E-state index is -0.469. The number of hydrogen-bond acceptors (Lipinski definition) is 2. The van der Waals surface area contributed by atoms with Gasteiger partial charge in [-0.1, -0.05) is 52.3 Å². The zero-order chi connectivity index (χ0) is 17.6. The molecule has 0 fully saturated rings. The Labute approximate surface area is 152 Å². The maximum Gasteiger partial charge on any atom is 0.407 e. The van der Waals surface area contributed by atoms with Crippen LogP contribution in [0.2, 0.25) is 0 Å². The van der Waals surface area contributed by atoms with Gasteiger partial charge < -0.3 is 10.1 Å². The Bertz CT molecular complexity index is 675. The van der Waals surface area contributed by atoms with Gasteiger partial charge in [0.1, 0.15) is 5.60 Å². The van der Waals surface area contributed by atoms with E-state index < -0.39 is 5.60 Å². The lowest BCUT2D eigenvalue weighted by Gasteiger charge is -2.19. The van der Waals surface area contributed by atoms with E-state index in [2.05, 4.69) is 63.7 Å². The number of ether oxygens (including phenoxy) is 1. The third kappa shape index (κ3) is 6.36. The third-order valence-corrected chi connectivity index (χ3v) is 4.02. The number of carbonyl (C=O) groups excluding carboxylic acids is 1. The van der Waals surface area contributed by atoms with E-state index in [4.69, 9.17) is 4.74 Å². The van der Waals surface area contributed by atoms with Crippen molar-refractivity contribution in [2.45, 2.75) is 39.2 Å². The van der Waals surface area contributed by atoms with Gasteiger partial charge in [-0.2, -0.15) is 0 Å². The average molecular weight is 390 g/mol. The molecular formula is C20H24BrNO2. The highest BCUT2D eigenvalue weighted by Crippen LogP contribution is 2.17. The predicted molar refractivity (Wildman–Crippen MR) is 101 cm³/mol. The van der Waals surface area contributed by atoms with Crippen molar-refractivity contribution >= 4 is 22.0 Å². The van der Waals surface area contributed by atoms with Crippen LogP contribution in [0.15, 0.2) is 53.0 Å². The van der Waals surface area contributed by atoms with Gasteiger partial charge in [-0.15, -0.1) is 0 Å². The van der Waals surface area contributed by atoms with Gasteiger partial charge >= 0.3 is 6.09 Å². The highest BCUT2D eigenvalue weighted by Gasteiger charge is 2.15. The summed E-state index contributed by atoms with van der Waals surface area (Å²) >= 11 is 3.46. The summed E-state index contributed by atoms with van der Waals surface area (Å²) in [7, 11) is 0. The van der Waals surface area contributed by atoms with Crippen LogP contribution in [0.3, 0.4) is 0 Å². The molecule has 0 atom stereocenters. The van der Waals surface area contributed by atoms with Crippen molar-refractivity contribution in [2.75, 3.05) is 6.54 Å². The number of rotatable bonds is 5. The molecule has 0 aliphatic heterocycles. The summed E-state index contributed by atoms with van der Waals surface area (Å²) in [5.41, 5.74) is 3.33. The number of amides is 1. The number of nitrogens with one attached hydrogen (secondary N) is 1. The quantitative estimate of drug-likeness (QED) is 0.771. The average Bonchev–Trinajstić information content (AvgIpc) is 2.49. The van der Waals surface area contributed by atoms with Crippen molar-refractivity contribution < 1.29 is 9.53 Å². The van der Waals surface area contributed by atoms with Crippen LogP contribution in [0.1, 0.15) is 37.5 Å². The van der Waals surface area contributed by atoms with E-state index in [9.17, 15) is 4.79 Å². The molecule has 0 heterocycles. The standard InChI is InChI=1S/C20H24BrNO2/c1-20(2,3)24-19(23)22-13-12-16-6-4-5-7-17(16)14-15-8-10-18(21)11-9-15/h4-11H,12-14H2,1-3H3,(H,22,23). The Balaban J connectivity index is 1.94. The fourth-order valence-corrected chi connectivity index (χ4v) is 2.67. The summed E-state index contributed by atoms with van der Waals surface area (Å²) in [6.45, 7) is 6.15. The van der Waals surface area contributed by atoms with Gasteiger partial charge in [0.2, 0.25) is 0 Å². The van der Waals surface area contributed by atoms with Gasteiger partial charge in [-0.05, 0) is 62.4 Å². The Morgan fingerprint density at radius 3 is 2.29 bits per heavy atom. The first-order chi connectivity index (χ1) is 11.3. The van der Waals surface area contributed by atoms with Crippen molar-refractivity contribution in [1.29, 1.82) is 0 Å². The van der Waals surface area contributed by atoms with Crippen LogP contribution >= 0.6 is 15.9 Å². The van der Waals surface area contributed by atoms with Gasteiger partial charge in [-0.3, -0.25) is 0 Å². The highest BCUT2D eigenvalue weighted by atomic mass is 79.9. The fourth-order valence-electron chi connectivity index (χ4n) is 2.41. The minimum absolute atomic E-state index is 0.368. The molecule has 2 rings (SSSR count). The maximum atomic E-state index is 11.7. The molecule has 0 aliphatic carbocycles. The van der Waals surface area contributed by atoms with E-state index in [-0.39, 0.29) is 6.09 Å². The molecule has 2 aromatic carbocycles. The summed E-state index contributed by atoms with van der Waals surface area (Å²) in [4.78, 5) is 11.7. The molecule has 0 unspecified atom stereocenters. The number of carbonyl (C=O) groups is 1. The summed E-state index contributed by atoms with van der Waals surface area (Å²) in [5.74, 6) is 0. The maximum absolute atomic E-state index is 11.7. The van der Waals surface area contributed by atoms with Crippen molar-refractivity contribution in [3.05, 3.63) is 69.7 Å². The van der Waals surface area contributed by atoms with Crippen LogP contribution in [-0.4, -0.2) is 18.2 Å². The molecule has 3 nitrogen and oxygen atoms in total. The largest absolute Gasteiger partial charge is 0.444 e. The molecule has 0 radical (unpaired) electrons. The van der Waals surface area contributed by atoms with Crippen LogP contribution < -0.4 is 5.32 Å². The normalized spacial score (nSPS) is 11.2. The second kappa shape index (κ2) is 8.34. The van der Waals surface area contributed by atoms with Crippen LogP contribution in [0.25, 0.3) is 0 Å². The second-order valence-corrected chi connectivity index (χ2v) is 7.67. The van der Waals surface area contributed by atoms with Gasteiger partial charge in [0.25, 0.3) is 0 Å². The van der Waals surface area contributed by atoms with E-state index in [1.165, 1.54) is 16.7 Å². The van der Waals surface area contributed by atoms with Crippen molar-refractivity contribution in [2.24, 2.45) is 0 Å². The second-order valence-electron chi connectivity index (χ2n) is 6.75. The van der Waals surface area contributed by atoms with Gasteiger partial charge in [0.15, 0.2) is 0 Å². The van der Waals surface area contributed by atoms with Crippen LogP contribution in [-0.2, 0) is 17.6 Å². The summed E-state index contributed by atoms with van der Waals surface area (Å²) < 4.78 is 6.34. The third-order valence-electron chi connectivity index (χ3n) is 3.49. The summed E-state index contributed by atoms with van der Waals surface area (Å²) in [5, 5.41) is 2.82.